The van der Waals surface area contributed by atoms with E-state index in [1.54, 1.807) is 36.5 Å². The zero-order valence-corrected chi connectivity index (χ0v) is 12.5. The standard InChI is InChI=1S/C15H8BrClFNO/c16-12-4-2-10(8-13(12)18)20-15-5-6-19-14-7-9(17)1-3-11(14)15/h1-8H. The van der Waals surface area contributed by atoms with Crippen LogP contribution in [0.15, 0.2) is 53.1 Å². The average molecular weight is 353 g/mol. The van der Waals surface area contributed by atoms with E-state index in [-0.39, 0.29) is 5.82 Å². The van der Waals surface area contributed by atoms with E-state index in [0.717, 1.165) is 10.9 Å². The van der Waals surface area contributed by atoms with Crippen molar-refractivity contribution in [3.8, 4) is 11.5 Å². The topological polar surface area (TPSA) is 22.1 Å². The molecule has 1 heterocycles. The SMILES string of the molecule is Fc1cc(Oc2ccnc3cc(Cl)ccc23)ccc1Br. The van der Waals surface area contributed by atoms with Crippen LogP contribution in [0.25, 0.3) is 10.9 Å². The van der Waals surface area contributed by atoms with Crippen molar-refractivity contribution in [1.29, 1.82) is 0 Å². The van der Waals surface area contributed by atoms with Crippen molar-refractivity contribution in [3.63, 3.8) is 0 Å². The molecule has 2 aromatic carbocycles. The van der Waals surface area contributed by atoms with Gasteiger partial charge in [-0.05, 0) is 52.3 Å². The van der Waals surface area contributed by atoms with Gasteiger partial charge in [-0.25, -0.2) is 4.39 Å². The molecule has 0 saturated carbocycles. The smallest absolute Gasteiger partial charge is 0.141 e. The van der Waals surface area contributed by atoms with Gasteiger partial charge in [0.15, 0.2) is 0 Å². The normalized spacial score (nSPS) is 10.8. The Morgan fingerprint density at radius 3 is 2.75 bits per heavy atom. The number of fused-ring (bicyclic) bond motifs is 1. The Morgan fingerprint density at radius 2 is 1.95 bits per heavy atom. The molecule has 0 amide bonds. The number of aromatic nitrogens is 1. The first-order chi connectivity index (χ1) is 9.63. The average Bonchev–Trinajstić information content (AvgIpc) is 2.43. The predicted octanol–water partition coefficient (Wildman–Crippen LogP) is 5.58. The van der Waals surface area contributed by atoms with E-state index in [1.165, 1.54) is 6.07 Å². The molecule has 0 aliphatic carbocycles. The molecule has 0 saturated heterocycles. The summed E-state index contributed by atoms with van der Waals surface area (Å²) in [7, 11) is 0. The van der Waals surface area contributed by atoms with Crippen LogP contribution in [-0.2, 0) is 0 Å². The van der Waals surface area contributed by atoms with Crippen LogP contribution in [0.4, 0.5) is 4.39 Å². The summed E-state index contributed by atoms with van der Waals surface area (Å²) in [6.45, 7) is 0. The number of pyridine rings is 1. The molecule has 1 aromatic heterocycles. The summed E-state index contributed by atoms with van der Waals surface area (Å²) in [5, 5.41) is 1.43. The summed E-state index contributed by atoms with van der Waals surface area (Å²) in [6, 6.07) is 11.7. The number of ether oxygens (including phenoxy) is 1. The second-order valence-electron chi connectivity index (χ2n) is 4.15. The highest BCUT2D eigenvalue weighted by Crippen LogP contribution is 2.31. The van der Waals surface area contributed by atoms with Gasteiger partial charge in [-0.1, -0.05) is 11.6 Å². The van der Waals surface area contributed by atoms with Crippen LogP contribution in [0.2, 0.25) is 5.02 Å². The van der Waals surface area contributed by atoms with Crippen LogP contribution in [0, 0.1) is 5.82 Å². The molecule has 5 heteroatoms. The van der Waals surface area contributed by atoms with Crippen molar-refractivity contribution < 1.29 is 9.13 Å². The molecule has 0 N–H and O–H groups in total. The highest BCUT2D eigenvalue weighted by atomic mass is 79.9. The van der Waals surface area contributed by atoms with Gasteiger partial charge in [-0.15, -0.1) is 0 Å². The maximum Gasteiger partial charge on any atom is 0.141 e. The quantitative estimate of drug-likeness (QED) is 0.600. The molecule has 0 aliphatic rings. The van der Waals surface area contributed by atoms with E-state index in [9.17, 15) is 4.39 Å². The van der Waals surface area contributed by atoms with E-state index in [1.807, 2.05) is 6.07 Å². The third kappa shape index (κ3) is 2.62. The molecule has 3 rings (SSSR count). The lowest BCUT2D eigenvalue weighted by atomic mass is 10.2. The summed E-state index contributed by atoms with van der Waals surface area (Å²) >= 11 is 9.04. The van der Waals surface area contributed by atoms with Crippen molar-refractivity contribution in [2.24, 2.45) is 0 Å². The molecule has 0 fully saturated rings. The Bertz CT molecular complexity index is 794. The summed E-state index contributed by atoms with van der Waals surface area (Å²) in [4.78, 5) is 4.23. The molecule has 2 nitrogen and oxygen atoms in total. The second kappa shape index (κ2) is 5.38. The Morgan fingerprint density at radius 1 is 1.10 bits per heavy atom. The minimum atomic E-state index is -0.371. The lowest BCUT2D eigenvalue weighted by Gasteiger charge is -2.09. The van der Waals surface area contributed by atoms with E-state index in [4.69, 9.17) is 16.3 Å². The van der Waals surface area contributed by atoms with Gasteiger partial charge in [0, 0.05) is 22.7 Å². The summed E-state index contributed by atoms with van der Waals surface area (Å²) in [6.07, 6.45) is 1.63. The van der Waals surface area contributed by atoms with Crippen molar-refractivity contribution in [2.75, 3.05) is 0 Å². The maximum absolute atomic E-state index is 13.5. The molecule has 0 atom stereocenters. The fourth-order valence-electron chi connectivity index (χ4n) is 1.85. The van der Waals surface area contributed by atoms with Gasteiger partial charge in [0.2, 0.25) is 0 Å². The maximum atomic E-state index is 13.5. The highest BCUT2D eigenvalue weighted by Gasteiger charge is 2.07. The van der Waals surface area contributed by atoms with E-state index >= 15 is 0 Å². The van der Waals surface area contributed by atoms with Gasteiger partial charge in [0.1, 0.15) is 17.3 Å². The molecular weight excluding hydrogens is 345 g/mol. The lowest BCUT2D eigenvalue weighted by molar-refractivity contribution is 0.481. The lowest BCUT2D eigenvalue weighted by Crippen LogP contribution is -1.89. The number of hydrogen-bond acceptors (Lipinski definition) is 2. The van der Waals surface area contributed by atoms with Crippen LogP contribution < -0.4 is 4.74 Å². The monoisotopic (exact) mass is 351 g/mol. The first kappa shape index (κ1) is 13.3. The molecule has 0 radical (unpaired) electrons. The minimum absolute atomic E-state index is 0.371. The van der Waals surface area contributed by atoms with Crippen molar-refractivity contribution >= 4 is 38.4 Å². The molecule has 0 unspecified atom stereocenters. The fourth-order valence-corrected chi connectivity index (χ4v) is 2.26. The summed E-state index contributed by atoms with van der Waals surface area (Å²) < 4.78 is 19.6. The molecule has 3 aromatic rings. The van der Waals surface area contributed by atoms with Crippen LogP contribution in [0.1, 0.15) is 0 Å². The third-order valence-corrected chi connectivity index (χ3v) is 3.66. The van der Waals surface area contributed by atoms with Crippen LogP contribution in [0.5, 0.6) is 11.5 Å². The second-order valence-corrected chi connectivity index (χ2v) is 5.44. The van der Waals surface area contributed by atoms with Crippen LogP contribution in [0.3, 0.4) is 0 Å². The van der Waals surface area contributed by atoms with Gasteiger partial charge in [0.25, 0.3) is 0 Å². The molecule has 0 spiro atoms. The Balaban J connectivity index is 2.04. The van der Waals surface area contributed by atoms with Crippen molar-refractivity contribution in [3.05, 3.63) is 64.0 Å². The number of hydrogen-bond donors (Lipinski definition) is 0. The molecular formula is C15H8BrClFNO. The number of nitrogens with zero attached hydrogens (tertiary/aromatic N) is 1. The van der Waals surface area contributed by atoms with Gasteiger partial charge >= 0.3 is 0 Å². The summed E-state index contributed by atoms with van der Waals surface area (Å²) in [5.41, 5.74) is 0.729. The third-order valence-electron chi connectivity index (χ3n) is 2.78. The van der Waals surface area contributed by atoms with E-state index in [2.05, 4.69) is 20.9 Å². The van der Waals surface area contributed by atoms with Gasteiger partial charge in [-0.2, -0.15) is 0 Å². The first-order valence-corrected chi connectivity index (χ1v) is 6.98. The molecule has 20 heavy (non-hydrogen) atoms. The van der Waals surface area contributed by atoms with E-state index in [0.29, 0.717) is 21.0 Å². The van der Waals surface area contributed by atoms with Gasteiger partial charge in [-0.3, -0.25) is 4.98 Å². The van der Waals surface area contributed by atoms with Gasteiger partial charge in [0.05, 0.1) is 9.99 Å². The predicted molar refractivity (Wildman–Crippen MR) is 80.9 cm³/mol. The van der Waals surface area contributed by atoms with E-state index < -0.39 is 0 Å². The van der Waals surface area contributed by atoms with Crippen LogP contribution in [-0.4, -0.2) is 4.98 Å². The Labute approximate surface area is 128 Å². The minimum Gasteiger partial charge on any atom is -0.456 e. The van der Waals surface area contributed by atoms with Gasteiger partial charge < -0.3 is 4.74 Å². The summed E-state index contributed by atoms with van der Waals surface area (Å²) in [5.74, 6) is 0.658. The number of rotatable bonds is 2. The molecule has 100 valence electrons. The van der Waals surface area contributed by atoms with Crippen LogP contribution >= 0.6 is 27.5 Å². The number of benzene rings is 2. The largest absolute Gasteiger partial charge is 0.456 e. The first-order valence-electron chi connectivity index (χ1n) is 5.81. The zero-order chi connectivity index (χ0) is 14.1. The van der Waals surface area contributed by atoms with Crippen molar-refractivity contribution in [2.45, 2.75) is 0 Å². The molecule has 0 bridgehead atoms. The zero-order valence-electron chi connectivity index (χ0n) is 10.1. The Kier molecular flexibility index (Phi) is 3.59. The molecule has 0 aliphatic heterocycles. The van der Waals surface area contributed by atoms with Crippen molar-refractivity contribution in [1.82, 2.24) is 4.98 Å². The Hall–Kier alpha value is -1.65. The highest BCUT2D eigenvalue weighted by molar-refractivity contribution is 9.10. The fraction of sp³-hybridized carbons (Fsp3) is 0. The number of halogens is 3.